The molecule has 0 spiro atoms. The molecule has 160 valence electrons. The van der Waals surface area contributed by atoms with Crippen LogP contribution in [0.1, 0.15) is 25.6 Å². The molecule has 0 bridgehead atoms. The third-order valence-corrected chi connectivity index (χ3v) is 5.40. The molecule has 2 N–H and O–H groups in total. The van der Waals surface area contributed by atoms with Crippen molar-refractivity contribution in [2.75, 3.05) is 18.8 Å². The first-order valence-corrected chi connectivity index (χ1v) is 9.47. The highest BCUT2D eigenvalue weighted by Gasteiger charge is 2.45. The number of benzene rings is 1. The fraction of sp³-hybridized carbons (Fsp3) is 0.500. The molecule has 8 nitrogen and oxygen atoms in total. The van der Waals surface area contributed by atoms with Crippen molar-refractivity contribution in [3.63, 3.8) is 0 Å². The molecule has 1 saturated heterocycles. The van der Waals surface area contributed by atoms with Crippen molar-refractivity contribution in [3.8, 4) is 11.5 Å². The van der Waals surface area contributed by atoms with E-state index < -0.39 is 12.2 Å². The highest BCUT2D eigenvalue weighted by atomic mass is 19.3. The number of fused-ring (bicyclic) bond motifs is 5. The van der Waals surface area contributed by atoms with Crippen LogP contribution in [0.25, 0.3) is 16.6 Å². The lowest BCUT2D eigenvalue weighted by molar-refractivity contribution is -0.286. The number of rotatable bonds is 3. The minimum Gasteiger partial charge on any atom is -0.395 e. The summed E-state index contributed by atoms with van der Waals surface area (Å²) in [5.74, 6) is -2.75. The predicted octanol–water partition coefficient (Wildman–Crippen LogP) is 2.84. The highest BCUT2D eigenvalue weighted by Crippen LogP contribution is 2.45. The molecule has 0 radical (unpaired) electrons. The van der Waals surface area contributed by atoms with E-state index in [1.807, 2.05) is 6.92 Å². The van der Waals surface area contributed by atoms with Crippen molar-refractivity contribution in [2.24, 2.45) is 0 Å². The second kappa shape index (κ2) is 6.30. The number of aromatic nitrogens is 4. The maximum atomic E-state index is 13.7. The van der Waals surface area contributed by atoms with Gasteiger partial charge in [-0.2, -0.15) is 4.52 Å². The van der Waals surface area contributed by atoms with Crippen molar-refractivity contribution in [1.29, 1.82) is 0 Å². The van der Waals surface area contributed by atoms with Gasteiger partial charge in [0.15, 0.2) is 23.0 Å². The van der Waals surface area contributed by atoms with Crippen molar-refractivity contribution >= 4 is 22.5 Å². The molecular weight excluding hydrogens is 408 g/mol. The van der Waals surface area contributed by atoms with Gasteiger partial charge in [-0.3, -0.25) is 4.90 Å². The second-order valence-corrected chi connectivity index (χ2v) is 7.67. The first-order valence-electron chi connectivity index (χ1n) is 9.47. The minimum absolute atomic E-state index is 0.0689. The molecule has 30 heavy (non-hydrogen) atoms. The van der Waals surface area contributed by atoms with Gasteiger partial charge in [0.2, 0.25) is 5.95 Å². The van der Waals surface area contributed by atoms with Crippen LogP contribution in [0.15, 0.2) is 12.1 Å². The molecule has 0 amide bonds. The number of nitrogen functional groups attached to an aromatic ring is 1. The molecule has 1 fully saturated rings. The van der Waals surface area contributed by atoms with Crippen molar-refractivity contribution in [2.45, 2.75) is 44.4 Å². The SMILES string of the molecule is C[C@H](Cc1nc2c3ccc4c(c3nc(N)n2n1)OC(F)(F)O4)N1CCCC(F)(F)C1. The Morgan fingerprint density at radius 3 is 2.77 bits per heavy atom. The standard InChI is InChI=1S/C18H18F4N6O2/c1-9(27-6-2-5-17(19,20)8-27)7-12-24-15-10-3-4-11-14(30-18(21,22)29-11)13(10)25-16(23)28(15)26-12/h3-4,9H,2,5-8H2,1H3,(H2,23,25)/t9-/m1/s1. The Morgan fingerprint density at radius 1 is 1.20 bits per heavy atom. The number of nitrogens with two attached hydrogens (primary N) is 1. The number of anilines is 1. The number of hydrogen-bond acceptors (Lipinski definition) is 7. The summed E-state index contributed by atoms with van der Waals surface area (Å²) in [5, 5.41) is 4.74. The van der Waals surface area contributed by atoms with Crippen LogP contribution >= 0.6 is 0 Å². The van der Waals surface area contributed by atoms with Gasteiger partial charge in [-0.1, -0.05) is 0 Å². The number of ether oxygens (including phenoxy) is 2. The average Bonchev–Trinajstić information content (AvgIpc) is 3.21. The lowest BCUT2D eigenvalue weighted by Gasteiger charge is -2.36. The van der Waals surface area contributed by atoms with Crippen LogP contribution in [0, 0.1) is 0 Å². The normalized spacial score (nSPS) is 21.4. The van der Waals surface area contributed by atoms with Crippen molar-refractivity contribution in [3.05, 3.63) is 18.0 Å². The zero-order valence-corrected chi connectivity index (χ0v) is 15.9. The Hall–Kier alpha value is -2.89. The van der Waals surface area contributed by atoms with Crippen LogP contribution in [-0.4, -0.2) is 55.8 Å². The van der Waals surface area contributed by atoms with Gasteiger partial charge in [-0.25, -0.2) is 18.7 Å². The molecule has 3 aromatic rings. The van der Waals surface area contributed by atoms with E-state index >= 15 is 0 Å². The van der Waals surface area contributed by atoms with E-state index in [1.165, 1.54) is 16.6 Å². The van der Waals surface area contributed by atoms with Crippen LogP contribution in [0.4, 0.5) is 23.5 Å². The van der Waals surface area contributed by atoms with Crippen LogP contribution in [0.2, 0.25) is 0 Å². The summed E-state index contributed by atoms with van der Waals surface area (Å²) in [6, 6.07) is 2.64. The predicted molar refractivity (Wildman–Crippen MR) is 97.8 cm³/mol. The van der Waals surface area contributed by atoms with Crippen LogP contribution in [0.3, 0.4) is 0 Å². The summed E-state index contributed by atoms with van der Waals surface area (Å²) in [4.78, 5) is 10.3. The molecule has 2 aromatic heterocycles. The van der Waals surface area contributed by atoms with Crippen molar-refractivity contribution in [1.82, 2.24) is 24.5 Å². The van der Waals surface area contributed by atoms with Gasteiger partial charge >= 0.3 is 6.29 Å². The summed E-state index contributed by atoms with van der Waals surface area (Å²) < 4.78 is 64.7. The quantitative estimate of drug-likeness (QED) is 0.644. The average molecular weight is 426 g/mol. The third kappa shape index (κ3) is 3.15. The molecule has 1 aromatic carbocycles. The third-order valence-electron chi connectivity index (χ3n) is 5.40. The second-order valence-electron chi connectivity index (χ2n) is 7.67. The molecule has 12 heteroatoms. The maximum Gasteiger partial charge on any atom is 0.586 e. The van der Waals surface area contributed by atoms with Gasteiger partial charge < -0.3 is 15.2 Å². The number of nitrogens with zero attached hydrogens (tertiary/aromatic N) is 5. The first kappa shape index (κ1) is 19.1. The zero-order chi connectivity index (χ0) is 21.3. The van der Waals surface area contributed by atoms with E-state index in [9.17, 15) is 17.6 Å². The summed E-state index contributed by atoms with van der Waals surface area (Å²) in [6.07, 6.45) is -3.15. The maximum absolute atomic E-state index is 13.7. The largest absolute Gasteiger partial charge is 0.586 e. The molecule has 4 heterocycles. The van der Waals surface area contributed by atoms with Gasteiger partial charge in [0.05, 0.1) is 6.54 Å². The van der Waals surface area contributed by atoms with E-state index in [4.69, 9.17) is 5.73 Å². The lowest BCUT2D eigenvalue weighted by atomic mass is 10.0. The van der Waals surface area contributed by atoms with E-state index in [0.29, 0.717) is 36.2 Å². The first-order chi connectivity index (χ1) is 14.1. The fourth-order valence-corrected chi connectivity index (χ4v) is 3.99. The fourth-order valence-electron chi connectivity index (χ4n) is 3.99. The number of hydrogen-bond donors (Lipinski definition) is 1. The monoisotopic (exact) mass is 426 g/mol. The van der Waals surface area contributed by atoms with Gasteiger partial charge in [0.1, 0.15) is 5.52 Å². The smallest absolute Gasteiger partial charge is 0.395 e. The molecule has 5 rings (SSSR count). The van der Waals surface area contributed by atoms with Gasteiger partial charge in [-0.15, -0.1) is 13.9 Å². The number of alkyl halides is 4. The molecule has 0 saturated carbocycles. The topological polar surface area (TPSA) is 90.8 Å². The summed E-state index contributed by atoms with van der Waals surface area (Å²) >= 11 is 0. The van der Waals surface area contributed by atoms with E-state index in [0.717, 1.165) is 0 Å². The molecule has 1 atom stereocenters. The van der Waals surface area contributed by atoms with Gasteiger partial charge in [0.25, 0.3) is 5.92 Å². The Bertz CT molecular complexity index is 1150. The number of likely N-dealkylation sites (tertiary alicyclic amines) is 1. The minimum atomic E-state index is -3.79. The Morgan fingerprint density at radius 2 is 2.00 bits per heavy atom. The lowest BCUT2D eigenvalue weighted by Crippen LogP contribution is -2.47. The van der Waals surface area contributed by atoms with E-state index in [2.05, 4.69) is 24.5 Å². The summed E-state index contributed by atoms with van der Waals surface area (Å²) in [6.45, 7) is 2.12. The van der Waals surface area contributed by atoms with Gasteiger partial charge in [-0.05, 0) is 32.0 Å². The van der Waals surface area contributed by atoms with Crippen LogP contribution < -0.4 is 15.2 Å². The highest BCUT2D eigenvalue weighted by molar-refractivity contribution is 5.97. The molecule has 0 aliphatic carbocycles. The van der Waals surface area contributed by atoms with Gasteiger partial charge in [0, 0.05) is 24.3 Å². The Kier molecular flexibility index (Phi) is 4.01. The Labute approximate surface area is 167 Å². The zero-order valence-electron chi connectivity index (χ0n) is 15.9. The van der Waals surface area contributed by atoms with Crippen LogP contribution in [-0.2, 0) is 6.42 Å². The summed E-state index contributed by atoms with van der Waals surface area (Å²) in [5.41, 5.74) is 6.35. The van der Waals surface area contributed by atoms with E-state index in [-0.39, 0.29) is 42.0 Å². The van der Waals surface area contributed by atoms with E-state index in [1.54, 1.807) is 4.90 Å². The number of piperidine rings is 1. The molecule has 0 unspecified atom stereocenters. The number of halogens is 4. The van der Waals surface area contributed by atoms with Crippen molar-refractivity contribution < 1.29 is 27.0 Å². The van der Waals surface area contributed by atoms with Crippen LogP contribution in [0.5, 0.6) is 11.5 Å². The summed E-state index contributed by atoms with van der Waals surface area (Å²) in [7, 11) is 0. The molecule has 2 aliphatic heterocycles. The Balaban J connectivity index is 1.50. The molecule has 2 aliphatic rings. The molecular formula is C18H18F4N6O2.